The van der Waals surface area contributed by atoms with Crippen molar-refractivity contribution in [3.05, 3.63) is 89.6 Å². The monoisotopic (exact) mass is 681 g/mol. The van der Waals surface area contributed by atoms with E-state index in [9.17, 15) is 24.3 Å². The maximum absolute atomic E-state index is 14.1. The maximum atomic E-state index is 14.1. The molecule has 262 valence electrons. The molecule has 0 bridgehead atoms. The van der Waals surface area contributed by atoms with Crippen molar-refractivity contribution in [3.8, 4) is 28.1 Å². The van der Waals surface area contributed by atoms with Gasteiger partial charge in [0, 0.05) is 48.6 Å². The fourth-order valence-electron chi connectivity index (χ4n) is 5.74. The lowest BCUT2D eigenvalue weighted by Gasteiger charge is -2.37. The summed E-state index contributed by atoms with van der Waals surface area (Å²) < 4.78 is 12.8. The van der Waals surface area contributed by atoms with Gasteiger partial charge in [-0.15, -0.1) is 0 Å². The van der Waals surface area contributed by atoms with Crippen LogP contribution in [0.1, 0.15) is 49.2 Å². The van der Waals surface area contributed by atoms with Crippen molar-refractivity contribution in [1.82, 2.24) is 20.0 Å². The number of Topliss-reactive ketones (excluding diaryl/α,β-unsaturated/α-hetero) is 1. The average molecular weight is 682 g/mol. The van der Waals surface area contributed by atoms with E-state index in [0.717, 1.165) is 16.7 Å². The minimum Gasteiger partial charge on any atom is -0.507 e. The summed E-state index contributed by atoms with van der Waals surface area (Å²) in [4.78, 5) is 53.8. The third-order valence-corrected chi connectivity index (χ3v) is 8.20. The zero-order chi connectivity index (χ0) is 36.2. The number of benzene rings is 3. The molecule has 12 heteroatoms. The van der Waals surface area contributed by atoms with Crippen molar-refractivity contribution >= 4 is 29.4 Å². The van der Waals surface area contributed by atoms with Crippen LogP contribution >= 0.6 is 0 Å². The number of aryl methyl sites for hydroxylation is 2. The summed E-state index contributed by atoms with van der Waals surface area (Å²) in [6, 6.07) is 17.4. The molecule has 0 radical (unpaired) electrons. The number of ketones is 1. The molecule has 1 unspecified atom stereocenters. The molecule has 1 saturated heterocycles. The molecule has 1 fully saturated rings. The van der Waals surface area contributed by atoms with Crippen LogP contribution in [-0.2, 0) is 32.5 Å². The summed E-state index contributed by atoms with van der Waals surface area (Å²) in [6.07, 6.45) is 1.22. The Morgan fingerprint density at radius 2 is 1.72 bits per heavy atom. The van der Waals surface area contributed by atoms with E-state index in [1.54, 1.807) is 67.9 Å². The first-order valence-corrected chi connectivity index (χ1v) is 16.4. The van der Waals surface area contributed by atoms with Crippen LogP contribution in [0.25, 0.3) is 22.4 Å². The molecule has 0 saturated carbocycles. The van der Waals surface area contributed by atoms with Gasteiger partial charge in [0.05, 0.1) is 13.2 Å². The van der Waals surface area contributed by atoms with Crippen LogP contribution in [0.2, 0.25) is 0 Å². The first-order chi connectivity index (χ1) is 23.7. The largest absolute Gasteiger partial charge is 0.507 e. The zero-order valence-corrected chi connectivity index (χ0v) is 29.1. The lowest BCUT2D eigenvalue weighted by Crippen LogP contribution is -2.60. The number of aromatic hydroxyl groups is 1. The van der Waals surface area contributed by atoms with Crippen LogP contribution in [0.4, 0.5) is 10.5 Å². The lowest BCUT2D eigenvalue weighted by atomic mass is 9.99. The highest BCUT2D eigenvalue weighted by molar-refractivity contribution is 5.99. The van der Waals surface area contributed by atoms with Gasteiger partial charge in [0.2, 0.25) is 11.8 Å². The normalized spacial score (nSPS) is 15.2. The first kappa shape index (κ1) is 35.8. The standard InChI is InChI=1S/C38H43N5O7/c1-23-7-16-33(45)29(19-23)34-30(21-42(6)41-34)27-12-14-28(15-13-27)39-35(46)32-22-49-18-17-43(32)36(47)31(40-37(48)50-38(3,4)5)20-25-8-10-26(11-9-25)24(2)44/h7-16,19,21,31-32,45H,17-18,20,22H2,1-6H3,(H,39,46)(H,40,48)/t31-,32?/m0/s1. The predicted octanol–water partition coefficient (Wildman–Crippen LogP) is 5.27. The van der Waals surface area contributed by atoms with Gasteiger partial charge in [0.15, 0.2) is 5.78 Å². The molecule has 1 aliphatic heterocycles. The van der Waals surface area contributed by atoms with Gasteiger partial charge in [-0.1, -0.05) is 48.0 Å². The highest BCUT2D eigenvalue weighted by atomic mass is 16.6. The SMILES string of the molecule is CC(=O)c1ccc(C[C@H](NC(=O)OC(C)(C)C)C(=O)N2CCOCC2C(=O)Nc2ccc(-c3cn(C)nc3-c3cc(C)ccc3O)cc2)cc1. The van der Waals surface area contributed by atoms with Crippen molar-refractivity contribution < 1.29 is 33.8 Å². The molecule has 0 aliphatic carbocycles. The fourth-order valence-corrected chi connectivity index (χ4v) is 5.74. The number of hydrogen-bond donors (Lipinski definition) is 3. The molecule has 12 nitrogen and oxygen atoms in total. The number of anilines is 1. The molecule has 2 atom stereocenters. The molecule has 50 heavy (non-hydrogen) atoms. The molecule has 2 heterocycles. The number of morpholine rings is 1. The summed E-state index contributed by atoms with van der Waals surface area (Å²) in [5.41, 5.74) is 4.83. The van der Waals surface area contributed by atoms with E-state index in [0.29, 0.717) is 28.1 Å². The summed E-state index contributed by atoms with van der Waals surface area (Å²) in [7, 11) is 1.81. The number of rotatable bonds is 9. The Bertz CT molecular complexity index is 1880. The number of aromatic nitrogens is 2. The number of carbonyl (C=O) groups is 4. The molecule has 1 aliphatic rings. The first-order valence-electron chi connectivity index (χ1n) is 16.4. The van der Waals surface area contributed by atoms with Crippen molar-refractivity contribution in [2.75, 3.05) is 25.1 Å². The van der Waals surface area contributed by atoms with Crippen LogP contribution in [0.5, 0.6) is 5.75 Å². The Morgan fingerprint density at radius 1 is 1.02 bits per heavy atom. The molecule has 3 amide bonds. The maximum Gasteiger partial charge on any atom is 0.408 e. The number of nitrogens with one attached hydrogen (secondary N) is 2. The molecule has 0 spiro atoms. The van der Waals surface area contributed by atoms with E-state index in [1.165, 1.54) is 11.8 Å². The van der Waals surface area contributed by atoms with Crippen LogP contribution in [0, 0.1) is 6.92 Å². The summed E-state index contributed by atoms with van der Waals surface area (Å²) in [5.74, 6) is -0.868. The van der Waals surface area contributed by atoms with E-state index in [4.69, 9.17) is 9.47 Å². The van der Waals surface area contributed by atoms with Gasteiger partial charge in [0.25, 0.3) is 0 Å². The number of alkyl carbamates (subject to hydrolysis) is 1. The number of phenols is 1. The third kappa shape index (κ3) is 8.75. The molecule has 3 N–H and O–H groups in total. The average Bonchev–Trinajstić information content (AvgIpc) is 3.46. The van der Waals surface area contributed by atoms with Gasteiger partial charge in [-0.05, 0) is 70.0 Å². The van der Waals surface area contributed by atoms with Crippen LogP contribution in [-0.4, -0.2) is 80.9 Å². The Morgan fingerprint density at radius 3 is 2.38 bits per heavy atom. The molecular weight excluding hydrogens is 638 g/mol. The number of amides is 3. The van der Waals surface area contributed by atoms with Crippen molar-refractivity contribution in [2.45, 2.75) is 58.7 Å². The van der Waals surface area contributed by atoms with Gasteiger partial charge in [-0.3, -0.25) is 19.1 Å². The predicted molar refractivity (Wildman–Crippen MR) is 189 cm³/mol. The second kappa shape index (κ2) is 15.0. The fraction of sp³-hybridized carbons (Fsp3) is 0.342. The third-order valence-electron chi connectivity index (χ3n) is 8.20. The topological polar surface area (TPSA) is 152 Å². The second-order valence-electron chi connectivity index (χ2n) is 13.4. The van der Waals surface area contributed by atoms with Crippen molar-refractivity contribution in [2.24, 2.45) is 7.05 Å². The quantitative estimate of drug-likeness (QED) is 0.202. The van der Waals surface area contributed by atoms with Crippen LogP contribution in [0.3, 0.4) is 0 Å². The van der Waals surface area contributed by atoms with Crippen LogP contribution in [0.15, 0.2) is 72.9 Å². The van der Waals surface area contributed by atoms with E-state index in [2.05, 4.69) is 15.7 Å². The summed E-state index contributed by atoms with van der Waals surface area (Å²) in [5, 5.41) is 20.7. The Labute approximate surface area is 291 Å². The Hall–Kier alpha value is -5.49. The highest BCUT2D eigenvalue weighted by Gasteiger charge is 2.37. The van der Waals surface area contributed by atoms with E-state index in [-0.39, 0.29) is 37.7 Å². The van der Waals surface area contributed by atoms with Crippen LogP contribution < -0.4 is 10.6 Å². The van der Waals surface area contributed by atoms with Gasteiger partial charge in [-0.25, -0.2) is 4.79 Å². The number of carbonyl (C=O) groups excluding carboxylic acids is 4. The molecular formula is C38H43N5O7. The van der Waals surface area contributed by atoms with E-state index < -0.39 is 35.6 Å². The zero-order valence-electron chi connectivity index (χ0n) is 29.1. The van der Waals surface area contributed by atoms with Gasteiger partial charge in [0.1, 0.15) is 29.1 Å². The molecule has 4 aromatic rings. The molecule has 5 rings (SSSR count). The Kier molecular flexibility index (Phi) is 10.7. The highest BCUT2D eigenvalue weighted by Crippen LogP contribution is 2.36. The Balaban J connectivity index is 1.34. The van der Waals surface area contributed by atoms with Gasteiger partial charge >= 0.3 is 6.09 Å². The molecule has 3 aromatic carbocycles. The number of nitrogens with zero attached hydrogens (tertiary/aromatic N) is 3. The summed E-state index contributed by atoms with van der Waals surface area (Å²) >= 11 is 0. The number of hydrogen-bond acceptors (Lipinski definition) is 8. The van der Waals surface area contributed by atoms with E-state index >= 15 is 0 Å². The minimum absolute atomic E-state index is 0.0266. The summed E-state index contributed by atoms with van der Waals surface area (Å²) in [6.45, 7) is 8.93. The number of phenolic OH excluding ortho intramolecular Hbond substituents is 1. The van der Waals surface area contributed by atoms with E-state index in [1.807, 2.05) is 44.4 Å². The smallest absolute Gasteiger partial charge is 0.408 e. The second-order valence-corrected chi connectivity index (χ2v) is 13.4. The van der Waals surface area contributed by atoms with Crippen molar-refractivity contribution in [1.29, 1.82) is 0 Å². The lowest BCUT2D eigenvalue weighted by molar-refractivity contribution is -0.148. The van der Waals surface area contributed by atoms with Gasteiger partial charge in [-0.2, -0.15) is 5.10 Å². The number of ether oxygens (including phenoxy) is 2. The van der Waals surface area contributed by atoms with Crippen molar-refractivity contribution in [3.63, 3.8) is 0 Å². The molecule has 1 aromatic heterocycles. The minimum atomic E-state index is -1.05. The van der Waals surface area contributed by atoms with Gasteiger partial charge < -0.3 is 30.1 Å².